The molecule has 1 aliphatic carbocycles. The summed E-state index contributed by atoms with van der Waals surface area (Å²) in [7, 11) is 0. The molecule has 0 spiro atoms. The second kappa shape index (κ2) is 8.65. The highest BCUT2D eigenvalue weighted by molar-refractivity contribution is 6.23. The predicted molar refractivity (Wildman–Crippen MR) is 176 cm³/mol. The van der Waals surface area contributed by atoms with Crippen LogP contribution in [0.4, 0.5) is 0 Å². The Labute approximate surface area is 257 Å². The van der Waals surface area contributed by atoms with Crippen LogP contribution < -0.4 is 0 Å². The first-order chi connectivity index (χ1) is 25.8. The molecule has 0 atom stereocenters. The number of hydrogen-bond donors (Lipinski definition) is 0. The SMILES string of the molecule is [2H]c1c([2H])c([2H])c(-c2c3c([2H])c([2H])c([2H])c([2H])c3c(-c3cc4ccccc4c4c3Cc3c-4ccc4ccccc34)c3c([2H])c([2H])c([2H])c([2H])c23)c([2H])c1[2H]. The molecule has 0 bridgehead atoms. The third kappa shape index (κ3) is 3.22. The standard InChI is InChI=1S/C41H26/c1-2-13-27(14-3-1)39-31-18-8-10-20-33(31)41(34-21-11-9-19-32(34)39)37-24-28-15-5-7-17-30(28)40-35-23-22-26-12-4-6-16-29(26)36(35)25-38(37)40/h1-24H,25H2/i1D,2D,3D,8D,9D,10D,11D,13D,14D,18D,19D,20D,21D. The molecule has 0 fully saturated rings. The van der Waals surface area contributed by atoms with Crippen molar-refractivity contribution < 1.29 is 17.8 Å². The Kier molecular flexibility index (Phi) is 2.83. The fourth-order valence-corrected chi connectivity index (χ4v) is 6.56. The summed E-state index contributed by atoms with van der Waals surface area (Å²) in [6, 6.07) is 13.7. The van der Waals surface area contributed by atoms with Gasteiger partial charge in [0.05, 0.1) is 17.8 Å². The van der Waals surface area contributed by atoms with E-state index >= 15 is 0 Å². The van der Waals surface area contributed by atoms with Gasteiger partial charge < -0.3 is 0 Å². The van der Waals surface area contributed by atoms with Gasteiger partial charge in [-0.1, -0.05) is 139 Å². The Balaban J connectivity index is 1.59. The van der Waals surface area contributed by atoms with Crippen molar-refractivity contribution in [2.75, 3.05) is 0 Å². The van der Waals surface area contributed by atoms with Crippen LogP contribution >= 0.6 is 0 Å². The van der Waals surface area contributed by atoms with E-state index in [0.29, 0.717) is 12.0 Å². The van der Waals surface area contributed by atoms with Gasteiger partial charge in [-0.3, -0.25) is 0 Å². The molecular weight excluding hydrogens is 492 g/mol. The molecule has 0 heterocycles. The van der Waals surface area contributed by atoms with Crippen LogP contribution in [0.25, 0.3) is 76.5 Å². The molecule has 0 amide bonds. The first-order valence-corrected chi connectivity index (χ1v) is 13.3. The minimum atomic E-state index is -0.699. The summed E-state index contributed by atoms with van der Waals surface area (Å²) < 4.78 is 116. The largest absolute Gasteiger partial charge is 0.0629 e. The summed E-state index contributed by atoms with van der Waals surface area (Å²) in [5.74, 6) is 0. The van der Waals surface area contributed by atoms with Gasteiger partial charge in [0, 0.05) is 0 Å². The first kappa shape index (κ1) is 13.4. The van der Waals surface area contributed by atoms with Crippen molar-refractivity contribution in [3.8, 4) is 33.4 Å². The van der Waals surface area contributed by atoms with Gasteiger partial charge >= 0.3 is 0 Å². The van der Waals surface area contributed by atoms with Gasteiger partial charge in [-0.25, -0.2) is 0 Å². The van der Waals surface area contributed by atoms with Crippen molar-refractivity contribution in [1.29, 1.82) is 0 Å². The second-order valence-electron chi connectivity index (χ2n) is 10.2. The van der Waals surface area contributed by atoms with E-state index in [0.717, 1.165) is 43.8 Å². The fourth-order valence-electron chi connectivity index (χ4n) is 6.56. The Bertz CT molecular complexity index is 2950. The molecule has 0 heteroatoms. The zero-order chi connectivity index (χ0) is 38.2. The van der Waals surface area contributed by atoms with E-state index < -0.39 is 84.1 Å². The average Bonchev–Trinajstić information content (AvgIpc) is 3.59. The molecule has 0 aromatic heterocycles. The normalized spacial score (nSPS) is 16.7. The number of rotatable bonds is 2. The first-order valence-electron chi connectivity index (χ1n) is 19.8. The molecule has 8 aromatic rings. The molecule has 0 aliphatic heterocycles. The van der Waals surface area contributed by atoms with Crippen molar-refractivity contribution in [2.45, 2.75) is 6.42 Å². The lowest BCUT2D eigenvalue weighted by Crippen LogP contribution is -1.95. The van der Waals surface area contributed by atoms with E-state index in [4.69, 9.17) is 12.3 Å². The van der Waals surface area contributed by atoms with E-state index in [2.05, 4.69) is 18.2 Å². The molecule has 0 radical (unpaired) electrons. The van der Waals surface area contributed by atoms with Crippen LogP contribution in [0.5, 0.6) is 0 Å². The molecule has 1 aliphatic rings. The van der Waals surface area contributed by atoms with E-state index in [1.165, 1.54) is 0 Å². The molecule has 9 rings (SSSR count). The molecule has 41 heavy (non-hydrogen) atoms. The summed E-state index contributed by atoms with van der Waals surface area (Å²) in [4.78, 5) is 0. The van der Waals surface area contributed by atoms with Crippen LogP contribution in [-0.2, 0) is 6.42 Å². The lowest BCUT2D eigenvalue weighted by molar-refractivity contribution is 1.29. The van der Waals surface area contributed by atoms with Gasteiger partial charge in [0.25, 0.3) is 0 Å². The van der Waals surface area contributed by atoms with Gasteiger partial charge in [-0.15, -0.1) is 0 Å². The molecule has 0 saturated heterocycles. The van der Waals surface area contributed by atoms with Gasteiger partial charge in [-0.2, -0.15) is 0 Å². The third-order valence-corrected chi connectivity index (χ3v) is 8.21. The second-order valence-corrected chi connectivity index (χ2v) is 10.2. The van der Waals surface area contributed by atoms with E-state index in [1.807, 2.05) is 48.5 Å². The predicted octanol–water partition coefficient (Wildman–Crippen LogP) is 11.2. The number of fused-ring (bicyclic) bond motifs is 9. The highest BCUT2D eigenvalue weighted by Crippen LogP contribution is 2.51. The molecule has 0 unspecified atom stereocenters. The molecule has 8 aromatic carbocycles. The lowest BCUT2D eigenvalue weighted by atomic mass is 9.83. The fraction of sp³-hybridized carbons (Fsp3) is 0.0244. The van der Waals surface area contributed by atoms with Crippen LogP contribution in [0.2, 0.25) is 0 Å². The summed E-state index contributed by atoms with van der Waals surface area (Å²) in [6.07, 6.45) is 0.413. The maximum atomic E-state index is 9.41. The average molecular weight is 532 g/mol. The Morgan fingerprint density at radius 3 is 1.71 bits per heavy atom. The van der Waals surface area contributed by atoms with Crippen molar-refractivity contribution >= 4 is 43.1 Å². The van der Waals surface area contributed by atoms with E-state index in [1.54, 1.807) is 0 Å². The number of benzene rings is 8. The Hall–Kier alpha value is -5.20. The zero-order valence-electron chi connectivity index (χ0n) is 34.6. The minimum Gasteiger partial charge on any atom is -0.0622 e. The van der Waals surface area contributed by atoms with E-state index in [-0.39, 0.29) is 32.7 Å². The maximum Gasteiger partial charge on any atom is 0.0629 e. The molecule has 0 saturated carbocycles. The highest BCUT2D eigenvalue weighted by atomic mass is 14.3. The van der Waals surface area contributed by atoms with Crippen LogP contribution in [-0.4, -0.2) is 0 Å². The molecule has 0 N–H and O–H groups in total. The Morgan fingerprint density at radius 1 is 0.415 bits per heavy atom. The van der Waals surface area contributed by atoms with Crippen LogP contribution in [0.1, 0.15) is 28.9 Å². The smallest absolute Gasteiger partial charge is 0.0622 e. The van der Waals surface area contributed by atoms with Crippen molar-refractivity contribution in [1.82, 2.24) is 0 Å². The van der Waals surface area contributed by atoms with Crippen molar-refractivity contribution in [3.63, 3.8) is 0 Å². The minimum absolute atomic E-state index is 0.0846. The van der Waals surface area contributed by atoms with Crippen molar-refractivity contribution in [2.24, 2.45) is 0 Å². The van der Waals surface area contributed by atoms with E-state index in [9.17, 15) is 5.48 Å². The van der Waals surface area contributed by atoms with Gasteiger partial charge in [0.15, 0.2) is 0 Å². The molecular formula is C41H26. The quantitative estimate of drug-likeness (QED) is 0.195. The topological polar surface area (TPSA) is 0 Å². The van der Waals surface area contributed by atoms with Gasteiger partial charge in [0.2, 0.25) is 0 Å². The van der Waals surface area contributed by atoms with Crippen molar-refractivity contribution in [3.05, 3.63) is 156 Å². The third-order valence-electron chi connectivity index (χ3n) is 8.21. The summed E-state index contributed by atoms with van der Waals surface area (Å²) in [5.41, 5.74) is 3.67. The lowest BCUT2D eigenvalue weighted by Gasteiger charge is -2.20. The van der Waals surface area contributed by atoms with Gasteiger partial charge in [0.1, 0.15) is 0 Å². The Morgan fingerprint density at radius 2 is 1.00 bits per heavy atom. The zero-order valence-corrected chi connectivity index (χ0v) is 21.6. The molecule has 190 valence electrons. The number of hydrogen-bond acceptors (Lipinski definition) is 0. The van der Waals surface area contributed by atoms with Gasteiger partial charge in [-0.05, 0) is 100 Å². The monoisotopic (exact) mass is 531 g/mol. The van der Waals surface area contributed by atoms with Crippen LogP contribution in [0, 0.1) is 0 Å². The van der Waals surface area contributed by atoms with Crippen LogP contribution in [0.15, 0.2) is 145 Å². The molecule has 0 nitrogen and oxygen atoms in total. The maximum absolute atomic E-state index is 9.41. The summed E-state index contributed by atoms with van der Waals surface area (Å²) in [6.45, 7) is 0. The highest BCUT2D eigenvalue weighted by Gasteiger charge is 2.28. The summed E-state index contributed by atoms with van der Waals surface area (Å²) >= 11 is 0. The van der Waals surface area contributed by atoms with Crippen LogP contribution in [0.3, 0.4) is 0 Å². The summed E-state index contributed by atoms with van der Waals surface area (Å²) in [5, 5.41) is 3.22.